The molecule has 30 nitrogen and oxygen atoms in total. The molecule has 23 N–H and O–H groups in total. The van der Waals surface area contributed by atoms with E-state index in [1.54, 1.807) is 44.2 Å². The van der Waals surface area contributed by atoms with E-state index < -0.39 is 157 Å². The van der Waals surface area contributed by atoms with E-state index in [2.05, 4.69) is 58.5 Å². The molecule has 0 radical (unpaired) electrons. The molecule has 12 atom stereocenters. The van der Waals surface area contributed by atoms with Gasteiger partial charge in [0.2, 0.25) is 65.0 Å². The number of nitrogens with one attached hydrogen (secondary N) is 11. The van der Waals surface area contributed by atoms with Crippen LogP contribution in [-0.2, 0) is 64.0 Å². The minimum Gasteiger partial charge on any atom is -0.391 e. The number of nitrogens with two attached hydrogens (primary N) is 5. The Bertz CT molecular complexity index is 2350. The summed E-state index contributed by atoms with van der Waals surface area (Å²) >= 11 is 0. The highest BCUT2D eigenvalue weighted by Gasteiger charge is 2.37. The predicted molar refractivity (Wildman–Crippen MR) is 307 cm³/mol. The van der Waals surface area contributed by atoms with Crippen molar-refractivity contribution in [3.63, 3.8) is 0 Å². The lowest BCUT2D eigenvalue weighted by molar-refractivity contribution is -0.137. The van der Waals surface area contributed by atoms with Crippen LogP contribution in [0.3, 0.4) is 0 Å². The fourth-order valence-electron chi connectivity index (χ4n) is 8.76. The highest BCUT2D eigenvalue weighted by molar-refractivity contribution is 6.01. The van der Waals surface area contributed by atoms with Gasteiger partial charge in [-0.05, 0) is 109 Å². The van der Waals surface area contributed by atoms with Crippen molar-refractivity contribution in [2.45, 2.75) is 184 Å². The maximum atomic E-state index is 14.5. The molecule has 1 aliphatic heterocycles. The standard InChI is InChI=1S/C54H92N16O14/c1-6-7-13-33(73)28-42(74)61-34(14-20-55)49(79)70-44(31(5)72)54(84)66-37(17-23-58)46(76)65-39-19-25-60-53(83)43(30(4)71)69-50(80)38(18-24-59)63-45(75)35(15-21-56)64-51(81)40(26-29(2)3)67-52(82)41(27-32-11-9-8-10-12-32)68-47(77)36(16-22-57)62-48(39)78/h8-12,29-31,34-41,43-44,71-72H,6-7,13-28,55-59H2,1-5H3,(H,60,83)(H,61,74)(H,62,78)(H,63,75)(H,64,81)(H,65,76)(H,66,84)(H,67,82)(H,68,77)(H,69,80)(H,70,79)/t30-,31-,34+,35+,36+,37+,38+,39+,40+,41-,43+,44+/m1/s1. The summed E-state index contributed by atoms with van der Waals surface area (Å²) in [6.07, 6.45) is -3.88. The second-order valence-corrected chi connectivity index (χ2v) is 21.1. The number of benzene rings is 1. The molecule has 0 bridgehead atoms. The first kappa shape index (κ1) is 72.9. The lowest BCUT2D eigenvalue weighted by atomic mass is 10.00. The Kier molecular flexibility index (Phi) is 33.5. The molecule has 1 heterocycles. The Hall–Kier alpha value is -7.22. The number of aliphatic hydroxyl groups is 2. The van der Waals surface area contributed by atoms with Gasteiger partial charge in [0.1, 0.15) is 66.2 Å². The number of carbonyl (C=O) groups is 12. The van der Waals surface area contributed by atoms with Gasteiger partial charge in [0.15, 0.2) is 0 Å². The number of aliphatic hydroxyl groups excluding tert-OH is 2. The van der Waals surface area contributed by atoms with Crippen LogP contribution in [0, 0.1) is 5.92 Å². The van der Waals surface area contributed by atoms with Gasteiger partial charge in [-0.15, -0.1) is 0 Å². The molecule has 472 valence electrons. The molecular formula is C54H92N16O14. The molecule has 1 aromatic carbocycles. The van der Waals surface area contributed by atoms with Crippen molar-refractivity contribution < 1.29 is 67.7 Å². The van der Waals surface area contributed by atoms with E-state index in [1.165, 1.54) is 6.92 Å². The lowest BCUT2D eigenvalue weighted by Gasteiger charge is -2.29. The number of unbranched alkanes of at least 4 members (excludes halogenated alkanes) is 1. The Morgan fingerprint density at radius 3 is 1.57 bits per heavy atom. The monoisotopic (exact) mass is 1190 g/mol. The number of ketones is 1. The Morgan fingerprint density at radius 2 is 1.07 bits per heavy atom. The van der Waals surface area contributed by atoms with E-state index in [1.807, 2.05) is 6.92 Å². The predicted octanol–water partition coefficient (Wildman–Crippen LogP) is -6.70. The third kappa shape index (κ3) is 25.7. The summed E-state index contributed by atoms with van der Waals surface area (Å²) in [6.45, 7) is 6.44. The Balaban J connectivity index is 2.70. The lowest BCUT2D eigenvalue weighted by Crippen LogP contribution is -2.62. The molecular weight excluding hydrogens is 1100 g/mol. The average Bonchev–Trinajstić information content (AvgIpc) is 3.63. The van der Waals surface area contributed by atoms with Crippen molar-refractivity contribution >= 4 is 70.8 Å². The fourth-order valence-corrected chi connectivity index (χ4v) is 8.76. The highest BCUT2D eigenvalue weighted by atomic mass is 16.3. The van der Waals surface area contributed by atoms with Crippen molar-refractivity contribution in [3.8, 4) is 0 Å². The van der Waals surface area contributed by atoms with Gasteiger partial charge in [0.25, 0.3) is 0 Å². The number of amides is 11. The summed E-state index contributed by atoms with van der Waals surface area (Å²) in [7, 11) is 0. The first-order valence-electron chi connectivity index (χ1n) is 28.6. The van der Waals surface area contributed by atoms with Crippen LogP contribution < -0.4 is 87.2 Å². The smallest absolute Gasteiger partial charge is 0.245 e. The Morgan fingerprint density at radius 1 is 0.583 bits per heavy atom. The highest BCUT2D eigenvalue weighted by Crippen LogP contribution is 2.12. The molecule has 0 unspecified atom stereocenters. The summed E-state index contributed by atoms with van der Waals surface area (Å²) in [6, 6.07) is -6.64. The third-order valence-electron chi connectivity index (χ3n) is 13.4. The number of rotatable bonds is 28. The van der Waals surface area contributed by atoms with Crippen LogP contribution in [0.5, 0.6) is 0 Å². The maximum Gasteiger partial charge on any atom is 0.245 e. The van der Waals surface area contributed by atoms with Crippen LogP contribution in [0.15, 0.2) is 30.3 Å². The molecule has 1 aliphatic rings. The van der Waals surface area contributed by atoms with E-state index >= 15 is 0 Å². The Labute approximate surface area is 489 Å². The number of carbonyl (C=O) groups excluding carboxylic acids is 12. The zero-order valence-corrected chi connectivity index (χ0v) is 48.8. The molecule has 0 aliphatic carbocycles. The van der Waals surface area contributed by atoms with Crippen LogP contribution >= 0.6 is 0 Å². The van der Waals surface area contributed by atoms with Gasteiger partial charge in [-0.25, -0.2) is 0 Å². The van der Waals surface area contributed by atoms with E-state index in [4.69, 9.17) is 28.7 Å². The van der Waals surface area contributed by atoms with E-state index in [0.717, 1.165) is 6.92 Å². The van der Waals surface area contributed by atoms with Crippen molar-refractivity contribution in [3.05, 3.63) is 35.9 Å². The summed E-state index contributed by atoms with van der Waals surface area (Å²) in [5.41, 5.74) is 29.8. The van der Waals surface area contributed by atoms with Crippen LogP contribution in [0.2, 0.25) is 0 Å². The molecule has 0 spiro atoms. The fraction of sp³-hybridized carbons (Fsp3) is 0.667. The van der Waals surface area contributed by atoms with Crippen LogP contribution in [0.1, 0.15) is 111 Å². The summed E-state index contributed by atoms with van der Waals surface area (Å²) in [5.74, 6) is -11.0. The second kappa shape index (κ2) is 38.6. The largest absolute Gasteiger partial charge is 0.391 e. The minimum atomic E-state index is -1.77. The van der Waals surface area contributed by atoms with Gasteiger partial charge in [0, 0.05) is 19.4 Å². The molecule has 1 saturated heterocycles. The molecule has 1 aromatic rings. The van der Waals surface area contributed by atoms with Crippen LogP contribution in [-0.4, -0.2) is 193 Å². The van der Waals surface area contributed by atoms with Gasteiger partial charge in [-0.3, -0.25) is 57.5 Å². The van der Waals surface area contributed by atoms with Crippen molar-refractivity contribution in [1.29, 1.82) is 0 Å². The normalized spacial score (nSPS) is 22.6. The zero-order chi connectivity index (χ0) is 63.1. The van der Waals surface area contributed by atoms with Gasteiger partial charge in [-0.1, -0.05) is 57.5 Å². The quantitative estimate of drug-likeness (QED) is 0.0347. The number of hydrogen-bond donors (Lipinski definition) is 18. The van der Waals surface area contributed by atoms with Gasteiger partial charge >= 0.3 is 0 Å². The van der Waals surface area contributed by atoms with Crippen molar-refractivity contribution in [2.75, 3.05) is 39.3 Å². The summed E-state index contributed by atoms with van der Waals surface area (Å²) < 4.78 is 0. The van der Waals surface area contributed by atoms with Gasteiger partial charge < -0.3 is 97.4 Å². The molecule has 84 heavy (non-hydrogen) atoms. The maximum absolute atomic E-state index is 14.5. The average molecular weight is 1190 g/mol. The molecule has 30 heteroatoms. The molecule has 11 amide bonds. The summed E-state index contributed by atoms with van der Waals surface area (Å²) in [4.78, 5) is 166. The minimum absolute atomic E-state index is 0.0365. The van der Waals surface area contributed by atoms with E-state index in [-0.39, 0.29) is 95.8 Å². The second-order valence-electron chi connectivity index (χ2n) is 21.1. The molecule has 1 fully saturated rings. The van der Waals surface area contributed by atoms with Crippen molar-refractivity contribution in [2.24, 2.45) is 34.6 Å². The number of hydrogen-bond acceptors (Lipinski definition) is 19. The van der Waals surface area contributed by atoms with Crippen LogP contribution in [0.25, 0.3) is 0 Å². The topological polar surface area (TPSA) is 508 Å². The SMILES string of the molecule is CCCCC(=O)CC(=O)N[C@@H](CCN)C(=O)N[C@H](C(=O)N[C@@H](CCN)C(=O)N[C@H]1CCNC(=O)[C@H]([C@@H](C)O)NC(=O)[C@H](CCN)NC(=O)[C@H](CCN)NC(=O)[C@H](CC(C)C)NC(=O)[C@@H](Cc2ccccc2)NC(=O)[C@H](CCN)NC1=O)[C@@H](C)O. The first-order valence-corrected chi connectivity index (χ1v) is 28.6. The molecule has 0 saturated carbocycles. The van der Waals surface area contributed by atoms with Gasteiger partial charge in [-0.2, -0.15) is 0 Å². The van der Waals surface area contributed by atoms with E-state index in [0.29, 0.717) is 18.4 Å². The molecule has 0 aromatic heterocycles. The number of Topliss-reactive ketones (excluding diaryl/α,β-unsaturated/α-hetero) is 1. The molecule has 2 rings (SSSR count). The van der Waals surface area contributed by atoms with Crippen LogP contribution in [0.4, 0.5) is 0 Å². The van der Waals surface area contributed by atoms with E-state index in [9.17, 15) is 67.7 Å². The third-order valence-corrected chi connectivity index (χ3v) is 13.4. The first-order chi connectivity index (χ1) is 39.8. The van der Waals surface area contributed by atoms with Gasteiger partial charge in [0.05, 0.1) is 18.6 Å². The zero-order valence-electron chi connectivity index (χ0n) is 48.8. The summed E-state index contributed by atoms with van der Waals surface area (Å²) in [5, 5.41) is 49.1. The van der Waals surface area contributed by atoms with Crippen molar-refractivity contribution in [1.82, 2.24) is 58.5 Å².